The number of aliphatic hydroxyl groups excluding tert-OH is 1. The molecule has 1 rings (SSSR count). The van der Waals surface area contributed by atoms with E-state index in [4.69, 9.17) is 9.47 Å². The first kappa shape index (κ1) is 48.9. The Morgan fingerprint density at radius 1 is 0.635 bits per heavy atom. The molecular weight excluding hydrogens is 647 g/mol. The van der Waals surface area contributed by atoms with Gasteiger partial charge in [-0.15, -0.1) is 0 Å². The Kier molecular flexibility index (Phi) is 30.2. The van der Waals surface area contributed by atoms with Gasteiger partial charge in [-0.05, 0) is 81.2 Å². The Bertz CT molecular complexity index is 829. The average molecular weight is 736 g/mol. The van der Waals surface area contributed by atoms with E-state index in [1.165, 1.54) is 122 Å². The van der Waals surface area contributed by atoms with Crippen molar-refractivity contribution in [3.05, 3.63) is 0 Å². The van der Waals surface area contributed by atoms with Crippen LogP contribution in [0, 0.1) is 16.7 Å². The number of unbranched alkanes of at least 4 members (excludes halogenated alkanes) is 16. The lowest BCUT2D eigenvalue weighted by Gasteiger charge is -2.25. The van der Waals surface area contributed by atoms with Crippen molar-refractivity contribution in [2.24, 2.45) is 16.7 Å². The van der Waals surface area contributed by atoms with E-state index in [-0.39, 0.29) is 29.4 Å². The van der Waals surface area contributed by atoms with Crippen LogP contribution in [0.3, 0.4) is 0 Å². The van der Waals surface area contributed by atoms with E-state index >= 15 is 0 Å². The summed E-state index contributed by atoms with van der Waals surface area (Å²) in [7, 11) is 0. The van der Waals surface area contributed by atoms with Crippen LogP contribution in [0.25, 0.3) is 0 Å². The fourth-order valence-corrected chi connectivity index (χ4v) is 7.79. The molecule has 1 aliphatic rings. The summed E-state index contributed by atoms with van der Waals surface area (Å²) < 4.78 is 11.5. The first-order valence-corrected chi connectivity index (χ1v) is 22.8. The van der Waals surface area contributed by atoms with Gasteiger partial charge in [0.05, 0.1) is 26.2 Å². The molecule has 0 aromatic heterocycles. The first-order chi connectivity index (χ1) is 25.2. The summed E-state index contributed by atoms with van der Waals surface area (Å²) in [6.07, 6.45) is 35.3. The quantitative estimate of drug-likeness (QED) is 0.0500. The zero-order valence-corrected chi connectivity index (χ0v) is 35.6. The summed E-state index contributed by atoms with van der Waals surface area (Å²) in [5, 5.41) is 9.64. The van der Waals surface area contributed by atoms with E-state index in [2.05, 4.69) is 39.5 Å². The van der Waals surface area contributed by atoms with E-state index in [1.54, 1.807) is 0 Å². The van der Waals surface area contributed by atoms with Crippen molar-refractivity contribution in [3.63, 3.8) is 0 Å². The molecule has 308 valence electrons. The topological polar surface area (TPSA) is 76.1 Å². The van der Waals surface area contributed by atoms with Gasteiger partial charge in [0.2, 0.25) is 0 Å². The van der Waals surface area contributed by atoms with Crippen LogP contribution < -0.4 is 0 Å². The molecular formula is C46H89NO5. The summed E-state index contributed by atoms with van der Waals surface area (Å²) in [5.41, 5.74) is 0.224. The van der Waals surface area contributed by atoms with Gasteiger partial charge >= 0.3 is 11.9 Å². The number of ether oxygens (including phenoxy) is 2. The van der Waals surface area contributed by atoms with E-state index < -0.39 is 0 Å². The lowest BCUT2D eigenvalue weighted by molar-refractivity contribution is -0.147. The number of nitrogens with zero attached hydrogens (tertiary/aromatic N) is 1. The molecule has 0 amide bonds. The van der Waals surface area contributed by atoms with Gasteiger partial charge in [-0.25, -0.2) is 0 Å². The van der Waals surface area contributed by atoms with Gasteiger partial charge in [0.1, 0.15) is 0 Å². The SMILES string of the molecule is CCCCCCCCCC(=O)OCC(C)(C)CCCCCN(CCO)CCCCCC1(CC(=O)OCCC(CCCCCC)CCCCCC)CC1. The Balaban J connectivity index is 2.18. The minimum atomic E-state index is -0.0356. The highest BCUT2D eigenvalue weighted by molar-refractivity contribution is 5.70. The van der Waals surface area contributed by atoms with Crippen LogP contribution in [-0.2, 0) is 19.1 Å². The zero-order chi connectivity index (χ0) is 38.2. The molecule has 6 nitrogen and oxygen atoms in total. The first-order valence-electron chi connectivity index (χ1n) is 22.8. The summed E-state index contributed by atoms with van der Waals surface area (Å²) in [6, 6.07) is 0. The van der Waals surface area contributed by atoms with Gasteiger partial charge in [0.15, 0.2) is 0 Å². The summed E-state index contributed by atoms with van der Waals surface area (Å²) in [6.45, 7) is 15.3. The minimum absolute atomic E-state index is 0.0143. The van der Waals surface area contributed by atoms with Gasteiger partial charge in [-0.1, -0.05) is 163 Å². The van der Waals surface area contributed by atoms with Gasteiger partial charge in [0, 0.05) is 13.0 Å². The maximum Gasteiger partial charge on any atom is 0.306 e. The molecule has 0 aromatic rings. The molecule has 0 aromatic carbocycles. The molecule has 0 saturated heterocycles. The Morgan fingerprint density at radius 3 is 1.75 bits per heavy atom. The number of aliphatic hydroxyl groups is 1. The standard InChI is InChI=1S/C46H89NO5/c1-6-9-12-15-16-17-22-29-43(49)52-41-45(4,5)31-23-18-25-35-47(37-38-48)36-26-19-24-32-46(33-34-46)40-44(50)51-39-30-42(27-20-13-10-7-2)28-21-14-11-8-3/h42,48H,6-41H2,1-5H3. The molecule has 6 heteroatoms. The highest BCUT2D eigenvalue weighted by atomic mass is 16.5. The molecule has 0 spiro atoms. The third-order valence-electron chi connectivity index (χ3n) is 11.7. The van der Waals surface area contributed by atoms with E-state index in [9.17, 15) is 14.7 Å². The second-order valence-corrected chi connectivity index (χ2v) is 17.6. The summed E-state index contributed by atoms with van der Waals surface area (Å²) >= 11 is 0. The molecule has 0 atom stereocenters. The normalized spacial score (nSPS) is 14.0. The smallest absolute Gasteiger partial charge is 0.306 e. The number of hydrogen-bond acceptors (Lipinski definition) is 6. The van der Waals surface area contributed by atoms with Gasteiger partial charge < -0.3 is 19.5 Å². The van der Waals surface area contributed by atoms with Crippen LogP contribution in [0.1, 0.15) is 227 Å². The second-order valence-electron chi connectivity index (χ2n) is 17.6. The fraction of sp³-hybridized carbons (Fsp3) is 0.957. The van der Waals surface area contributed by atoms with Crippen LogP contribution in [0.4, 0.5) is 0 Å². The van der Waals surface area contributed by atoms with Crippen molar-refractivity contribution >= 4 is 11.9 Å². The van der Waals surface area contributed by atoms with Crippen LogP contribution in [0.2, 0.25) is 0 Å². The highest BCUT2D eigenvalue weighted by Crippen LogP contribution is 2.53. The lowest BCUT2D eigenvalue weighted by atomic mass is 9.88. The number of carbonyl (C=O) groups excluding carboxylic acids is 2. The van der Waals surface area contributed by atoms with Gasteiger partial charge in [-0.3, -0.25) is 9.59 Å². The monoisotopic (exact) mass is 736 g/mol. The van der Waals surface area contributed by atoms with E-state index in [1.807, 2.05) is 0 Å². The Hall–Kier alpha value is -1.14. The van der Waals surface area contributed by atoms with Crippen molar-refractivity contribution in [2.75, 3.05) is 39.5 Å². The predicted octanol–water partition coefficient (Wildman–Crippen LogP) is 12.8. The summed E-state index contributed by atoms with van der Waals surface area (Å²) in [4.78, 5) is 27.4. The molecule has 0 bridgehead atoms. The molecule has 1 saturated carbocycles. The van der Waals surface area contributed by atoms with Crippen molar-refractivity contribution < 1.29 is 24.2 Å². The second kappa shape index (κ2) is 32.1. The molecule has 1 N–H and O–H groups in total. The van der Waals surface area contributed by atoms with Crippen LogP contribution in [0.15, 0.2) is 0 Å². The zero-order valence-electron chi connectivity index (χ0n) is 35.6. The van der Waals surface area contributed by atoms with Crippen molar-refractivity contribution in [3.8, 4) is 0 Å². The predicted molar refractivity (Wildman–Crippen MR) is 221 cm³/mol. The van der Waals surface area contributed by atoms with Crippen LogP contribution >= 0.6 is 0 Å². The average Bonchev–Trinajstić information content (AvgIpc) is 3.88. The third kappa shape index (κ3) is 28.3. The van der Waals surface area contributed by atoms with Crippen molar-refractivity contribution in [1.82, 2.24) is 4.90 Å². The lowest BCUT2D eigenvalue weighted by Crippen LogP contribution is -2.29. The molecule has 1 aliphatic carbocycles. The number of carbonyl (C=O) groups is 2. The maximum absolute atomic E-state index is 12.8. The number of esters is 2. The maximum atomic E-state index is 12.8. The molecule has 0 aliphatic heterocycles. The molecule has 0 unspecified atom stereocenters. The van der Waals surface area contributed by atoms with Crippen LogP contribution in [0.5, 0.6) is 0 Å². The number of hydrogen-bond donors (Lipinski definition) is 1. The molecule has 0 radical (unpaired) electrons. The largest absolute Gasteiger partial charge is 0.466 e. The minimum Gasteiger partial charge on any atom is -0.466 e. The third-order valence-corrected chi connectivity index (χ3v) is 11.7. The Morgan fingerprint density at radius 2 is 1.17 bits per heavy atom. The fourth-order valence-electron chi connectivity index (χ4n) is 7.79. The molecule has 0 heterocycles. The van der Waals surface area contributed by atoms with E-state index in [0.29, 0.717) is 32.0 Å². The van der Waals surface area contributed by atoms with Crippen molar-refractivity contribution in [1.29, 1.82) is 0 Å². The molecule has 52 heavy (non-hydrogen) atoms. The number of rotatable bonds is 39. The van der Waals surface area contributed by atoms with Crippen molar-refractivity contribution in [2.45, 2.75) is 227 Å². The Labute approximate surface area is 323 Å². The summed E-state index contributed by atoms with van der Waals surface area (Å²) in [5.74, 6) is 0.707. The van der Waals surface area contributed by atoms with Gasteiger partial charge in [-0.2, -0.15) is 0 Å². The van der Waals surface area contributed by atoms with E-state index in [0.717, 1.165) is 77.4 Å². The van der Waals surface area contributed by atoms with Gasteiger partial charge in [0.25, 0.3) is 0 Å². The molecule has 1 fully saturated rings. The van der Waals surface area contributed by atoms with Crippen LogP contribution in [-0.4, -0.2) is 61.4 Å². The highest BCUT2D eigenvalue weighted by Gasteiger charge is 2.43.